The molecule has 1 aromatic heterocycles. The van der Waals surface area contributed by atoms with Gasteiger partial charge in [-0.25, -0.2) is 0 Å². The van der Waals surface area contributed by atoms with Crippen LogP contribution in [-0.2, 0) is 0 Å². The van der Waals surface area contributed by atoms with Gasteiger partial charge in [-0.05, 0) is 25.1 Å². The van der Waals surface area contributed by atoms with Gasteiger partial charge in [0.05, 0.1) is 0 Å². The summed E-state index contributed by atoms with van der Waals surface area (Å²) < 4.78 is 5.67. The molecular formula is C16H16ClNO2. The number of furan rings is 1. The van der Waals surface area contributed by atoms with Crippen molar-refractivity contribution in [1.82, 2.24) is 4.90 Å². The van der Waals surface area contributed by atoms with Crippen molar-refractivity contribution in [2.75, 3.05) is 13.1 Å². The maximum Gasteiger partial charge on any atom is 0.290 e. The fraction of sp³-hybridized carbons (Fsp3) is 0.188. The van der Waals surface area contributed by atoms with Crippen LogP contribution in [0.4, 0.5) is 0 Å². The van der Waals surface area contributed by atoms with Gasteiger partial charge in [0.25, 0.3) is 5.91 Å². The van der Waals surface area contributed by atoms with E-state index in [1.807, 2.05) is 6.92 Å². The minimum atomic E-state index is -0.172. The summed E-state index contributed by atoms with van der Waals surface area (Å²) in [5, 5.41) is 1.48. The van der Waals surface area contributed by atoms with Gasteiger partial charge in [-0.2, -0.15) is 0 Å². The maximum atomic E-state index is 12.5. The molecular weight excluding hydrogens is 274 g/mol. The number of halogens is 1. The zero-order chi connectivity index (χ0) is 14.7. The quantitative estimate of drug-likeness (QED) is 0.773. The van der Waals surface area contributed by atoms with E-state index < -0.39 is 0 Å². The third kappa shape index (κ3) is 2.63. The molecule has 1 heterocycles. The van der Waals surface area contributed by atoms with E-state index in [1.165, 1.54) is 0 Å². The van der Waals surface area contributed by atoms with Gasteiger partial charge < -0.3 is 9.32 Å². The first-order valence-electron chi connectivity index (χ1n) is 6.28. The molecule has 1 amide bonds. The van der Waals surface area contributed by atoms with Crippen LogP contribution >= 0.6 is 11.6 Å². The summed E-state index contributed by atoms with van der Waals surface area (Å²) in [4.78, 5) is 14.1. The fourth-order valence-electron chi connectivity index (χ4n) is 2.09. The lowest BCUT2D eigenvalue weighted by Gasteiger charge is -2.18. The van der Waals surface area contributed by atoms with Gasteiger partial charge in [-0.15, -0.1) is 13.2 Å². The van der Waals surface area contributed by atoms with Crippen molar-refractivity contribution in [3.63, 3.8) is 0 Å². The van der Waals surface area contributed by atoms with Crippen molar-refractivity contribution >= 4 is 28.5 Å². The van der Waals surface area contributed by atoms with Crippen molar-refractivity contribution < 1.29 is 9.21 Å². The molecule has 0 aliphatic heterocycles. The van der Waals surface area contributed by atoms with E-state index >= 15 is 0 Å². The smallest absolute Gasteiger partial charge is 0.290 e. The lowest BCUT2D eigenvalue weighted by molar-refractivity contribution is 0.0760. The molecule has 104 valence electrons. The lowest BCUT2D eigenvalue weighted by Crippen LogP contribution is -2.31. The molecule has 0 aliphatic rings. The molecule has 1 aromatic carbocycles. The SMILES string of the molecule is C=CCN(CC=C)C(=O)c1oc2ccc(Cl)cc2c1C. The molecule has 3 nitrogen and oxygen atoms in total. The predicted octanol–water partition coefficient (Wildman–Crippen LogP) is 4.21. The van der Waals surface area contributed by atoms with Gasteiger partial charge >= 0.3 is 0 Å². The van der Waals surface area contributed by atoms with Crippen LogP contribution in [0.5, 0.6) is 0 Å². The predicted molar refractivity (Wildman–Crippen MR) is 82.3 cm³/mol. The van der Waals surface area contributed by atoms with Gasteiger partial charge in [0.15, 0.2) is 5.76 Å². The highest BCUT2D eigenvalue weighted by atomic mass is 35.5. The number of amides is 1. The molecule has 0 N–H and O–H groups in total. The second-order valence-corrected chi connectivity index (χ2v) is 4.92. The summed E-state index contributed by atoms with van der Waals surface area (Å²) in [5.41, 5.74) is 1.46. The van der Waals surface area contributed by atoms with Gasteiger partial charge in [-0.1, -0.05) is 23.8 Å². The summed E-state index contributed by atoms with van der Waals surface area (Å²) in [6.45, 7) is 10.1. The van der Waals surface area contributed by atoms with Crippen LogP contribution in [0, 0.1) is 6.92 Å². The molecule has 0 bridgehead atoms. The Bertz CT molecular complexity index is 662. The number of nitrogens with zero attached hydrogens (tertiary/aromatic N) is 1. The van der Waals surface area contributed by atoms with Crippen LogP contribution in [-0.4, -0.2) is 23.9 Å². The Labute approximate surface area is 123 Å². The number of hydrogen-bond acceptors (Lipinski definition) is 2. The van der Waals surface area contributed by atoms with Crippen LogP contribution in [0.15, 0.2) is 47.9 Å². The number of carbonyl (C=O) groups excluding carboxylic acids is 1. The van der Waals surface area contributed by atoms with Gasteiger partial charge in [0.2, 0.25) is 0 Å². The first-order valence-corrected chi connectivity index (χ1v) is 6.66. The Morgan fingerprint density at radius 1 is 1.35 bits per heavy atom. The van der Waals surface area contributed by atoms with E-state index in [-0.39, 0.29) is 5.91 Å². The van der Waals surface area contributed by atoms with Crippen LogP contribution in [0.1, 0.15) is 16.1 Å². The molecule has 0 atom stereocenters. The fourth-order valence-corrected chi connectivity index (χ4v) is 2.26. The minimum absolute atomic E-state index is 0.172. The zero-order valence-corrected chi connectivity index (χ0v) is 12.1. The third-order valence-corrected chi connectivity index (χ3v) is 3.31. The number of carbonyl (C=O) groups is 1. The topological polar surface area (TPSA) is 33.5 Å². The average molecular weight is 290 g/mol. The molecule has 2 aromatic rings. The highest BCUT2D eigenvalue weighted by molar-refractivity contribution is 6.31. The number of fused-ring (bicyclic) bond motifs is 1. The highest BCUT2D eigenvalue weighted by Gasteiger charge is 2.22. The van der Waals surface area contributed by atoms with Gasteiger partial charge in [-0.3, -0.25) is 4.79 Å². The first-order chi connectivity index (χ1) is 9.58. The molecule has 0 radical (unpaired) electrons. The van der Waals surface area contributed by atoms with Crippen LogP contribution in [0.2, 0.25) is 5.02 Å². The molecule has 0 aliphatic carbocycles. The number of aryl methyl sites for hydroxylation is 1. The Hall–Kier alpha value is -2.00. The molecule has 0 fully saturated rings. The number of hydrogen-bond donors (Lipinski definition) is 0. The van der Waals surface area contributed by atoms with E-state index in [1.54, 1.807) is 35.3 Å². The molecule has 20 heavy (non-hydrogen) atoms. The summed E-state index contributed by atoms with van der Waals surface area (Å²) in [6.07, 6.45) is 3.35. The van der Waals surface area contributed by atoms with E-state index in [0.717, 1.165) is 10.9 Å². The molecule has 0 saturated heterocycles. The Balaban J connectivity index is 2.45. The number of rotatable bonds is 5. The maximum absolute atomic E-state index is 12.5. The van der Waals surface area contributed by atoms with Crippen LogP contribution in [0.25, 0.3) is 11.0 Å². The van der Waals surface area contributed by atoms with Crippen LogP contribution < -0.4 is 0 Å². The Morgan fingerprint density at radius 3 is 2.60 bits per heavy atom. The van der Waals surface area contributed by atoms with E-state index in [0.29, 0.717) is 29.5 Å². The number of benzene rings is 1. The third-order valence-electron chi connectivity index (χ3n) is 3.08. The second-order valence-electron chi connectivity index (χ2n) is 4.48. The molecule has 0 saturated carbocycles. The summed E-state index contributed by atoms with van der Waals surface area (Å²) in [5.74, 6) is 0.167. The largest absolute Gasteiger partial charge is 0.451 e. The Morgan fingerprint density at radius 2 is 2.00 bits per heavy atom. The van der Waals surface area contributed by atoms with Crippen molar-refractivity contribution in [3.05, 3.63) is 59.9 Å². The first kappa shape index (κ1) is 14.4. The normalized spacial score (nSPS) is 10.5. The lowest BCUT2D eigenvalue weighted by atomic mass is 10.1. The molecule has 4 heteroatoms. The summed E-state index contributed by atoms with van der Waals surface area (Å²) in [7, 11) is 0. The van der Waals surface area contributed by atoms with Crippen LogP contribution in [0.3, 0.4) is 0 Å². The standard InChI is InChI=1S/C16H16ClNO2/c1-4-8-18(9-5-2)16(19)15-11(3)13-10-12(17)6-7-14(13)20-15/h4-7,10H,1-2,8-9H2,3H3. The summed E-state index contributed by atoms with van der Waals surface area (Å²) >= 11 is 5.98. The Kier molecular flexibility index (Phi) is 4.30. The highest BCUT2D eigenvalue weighted by Crippen LogP contribution is 2.28. The van der Waals surface area contributed by atoms with Crippen molar-refractivity contribution in [3.8, 4) is 0 Å². The molecule has 2 rings (SSSR count). The monoisotopic (exact) mass is 289 g/mol. The van der Waals surface area contributed by atoms with Gasteiger partial charge in [0.1, 0.15) is 5.58 Å². The molecule has 0 spiro atoms. The van der Waals surface area contributed by atoms with Crippen molar-refractivity contribution in [2.45, 2.75) is 6.92 Å². The van der Waals surface area contributed by atoms with E-state index in [9.17, 15) is 4.79 Å². The average Bonchev–Trinajstić information content (AvgIpc) is 2.75. The van der Waals surface area contributed by atoms with E-state index in [4.69, 9.17) is 16.0 Å². The van der Waals surface area contributed by atoms with Crippen molar-refractivity contribution in [1.29, 1.82) is 0 Å². The summed E-state index contributed by atoms with van der Waals surface area (Å²) in [6, 6.07) is 5.32. The zero-order valence-electron chi connectivity index (χ0n) is 11.4. The van der Waals surface area contributed by atoms with E-state index in [2.05, 4.69) is 13.2 Å². The molecule has 0 unspecified atom stereocenters. The minimum Gasteiger partial charge on any atom is -0.451 e. The second kappa shape index (κ2) is 5.97. The van der Waals surface area contributed by atoms with Crippen molar-refractivity contribution in [2.24, 2.45) is 0 Å². The van der Waals surface area contributed by atoms with Gasteiger partial charge in [0, 0.05) is 29.1 Å².